The van der Waals surface area contributed by atoms with Crippen LogP contribution in [0.3, 0.4) is 0 Å². The van der Waals surface area contributed by atoms with Crippen molar-refractivity contribution in [3.8, 4) is 0 Å². The molecule has 11 heteroatoms. The number of phosphoric ester groups is 1. The zero-order chi connectivity index (χ0) is 27.1. The summed E-state index contributed by atoms with van der Waals surface area (Å²) in [5.74, 6) is -2.89. The highest BCUT2D eigenvalue weighted by atomic mass is 31.2. The van der Waals surface area contributed by atoms with Crippen LogP contribution in [-0.2, 0) is 32.7 Å². The Kier molecular flexibility index (Phi) is 21.6. The van der Waals surface area contributed by atoms with Crippen molar-refractivity contribution in [1.29, 1.82) is 0 Å². The van der Waals surface area contributed by atoms with Crippen LogP contribution in [0.5, 0.6) is 0 Å². The first-order valence-corrected chi connectivity index (χ1v) is 14.6. The van der Waals surface area contributed by atoms with E-state index in [1.54, 1.807) is 0 Å². The van der Waals surface area contributed by atoms with E-state index in [2.05, 4.69) is 28.1 Å². The number of carbonyl (C=O) groups excluding carboxylic acids is 2. The quantitative estimate of drug-likeness (QED) is 0.0473. The Hall–Kier alpha value is -1.58. The summed E-state index contributed by atoms with van der Waals surface area (Å²) in [6, 6.07) is -1.46. The van der Waals surface area contributed by atoms with Gasteiger partial charge in [-0.25, -0.2) is 9.36 Å². The molecule has 0 saturated carbocycles. The summed E-state index contributed by atoms with van der Waals surface area (Å²) in [7, 11) is -4.46. The lowest BCUT2D eigenvalue weighted by atomic mass is 10.1. The molecule has 210 valence electrons. The Bertz CT molecular complexity index is 684. The van der Waals surface area contributed by atoms with Crippen molar-refractivity contribution in [3.63, 3.8) is 0 Å². The van der Waals surface area contributed by atoms with Gasteiger partial charge >= 0.3 is 19.8 Å². The maximum atomic E-state index is 11.8. The number of carboxylic acids is 1. The summed E-state index contributed by atoms with van der Waals surface area (Å²) in [5.41, 5.74) is 5.16. The summed E-state index contributed by atoms with van der Waals surface area (Å²) in [4.78, 5) is 43.5. The Balaban J connectivity index is 3.60. The number of esters is 1. The van der Waals surface area contributed by atoms with Gasteiger partial charge in [-0.2, -0.15) is 0 Å². The lowest BCUT2D eigenvalue weighted by Gasteiger charge is -2.13. The number of ketones is 1. The Morgan fingerprint density at radius 3 is 1.97 bits per heavy atom. The number of hydrogen-bond acceptors (Lipinski definition) is 8. The zero-order valence-electron chi connectivity index (χ0n) is 21.7. The molecule has 0 radical (unpaired) electrons. The van der Waals surface area contributed by atoms with Gasteiger partial charge in [0.1, 0.15) is 6.04 Å². The Labute approximate surface area is 215 Å². The minimum atomic E-state index is -4.46. The molecule has 10 nitrogen and oxygen atoms in total. The molecule has 0 fully saturated rings. The number of unbranched alkanes of at least 4 members (excludes halogenated alkanes) is 11. The van der Waals surface area contributed by atoms with E-state index in [0.29, 0.717) is 6.42 Å². The van der Waals surface area contributed by atoms with Gasteiger partial charge in [-0.3, -0.25) is 18.6 Å². The molecule has 0 aliphatic rings. The molecule has 0 aliphatic carbocycles. The van der Waals surface area contributed by atoms with Crippen LogP contribution in [0.15, 0.2) is 12.2 Å². The number of carboxylic acid groups (broad SMARTS) is 1. The second kappa shape index (κ2) is 22.6. The monoisotopic (exact) mass is 535 g/mol. The number of ether oxygens (including phenoxy) is 1. The smallest absolute Gasteiger partial charge is 0.472 e. The zero-order valence-corrected chi connectivity index (χ0v) is 22.6. The molecule has 0 aromatic rings. The summed E-state index contributed by atoms with van der Waals surface area (Å²) in [5, 5.41) is 8.59. The average Bonchev–Trinajstić information content (AvgIpc) is 2.84. The molecule has 0 heterocycles. The number of allylic oxidation sites excluding steroid dienone is 2. The topological polar surface area (TPSA) is 162 Å². The van der Waals surface area contributed by atoms with E-state index in [9.17, 15) is 23.8 Å². The van der Waals surface area contributed by atoms with E-state index in [4.69, 9.17) is 15.6 Å². The summed E-state index contributed by atoms with van der Waals surface area (Å²) >= 11 is 0. The second-order valence-corrected chi connectivity index (χ2v) is 10.2. The first-order chi connectivity index (χ1) is 17.2. The van der Waals surface area contributed by atoms with Crippen LogP contribution in [0.25, 0.3) is 0 Å². The third-order valence-electron chi connectivity index (χ3n) is 5.40. The van der Waals surface area contributed by atoms with Gasteiger partial charge in [0, 0.05) is 12.8 Å². The van der Waals surface area contributed by atoms with Crippen LogP contribution < -0.4 is 5.73 Å². The highest BCUT2D eigenvalue weighted by Gasteiger charge is 2.24. The molecule has 2 atom stereocenters. The summed E-state index contributed by atoms with van der Waals surface area (Å²) in [6.07, 6.45) is 19.7. The van der Waals surface area contributed by atoms with Gasteiger partial charge < -0.3 is 20.5 Å². The number of rotatable bonds is 25. The third kappa shape index (κ3) is 21.7. The molecule has 0 rings (SSSR count). The van der Waals surface area contributed by atoms with Crippen molar-refractivity contribution in [2.45, 2.75) is 109 Å². The number of Topliss-reactive ketones (excluding diaryl/α,β-unsaturated/α-hetero) is 1. The minimum absolute atomic E-state index is 0.0622. The second-order valence-electron chi connectivity index (χ2n) is 8.79. The first kappa shape index (κ1) is 34.4. The van der Waals surface area contributed by atoms with Crippen LogP contribution >= 0.6 is 7.82 Å². The fourth-order valence-corrected chi connectivity index (χ4v) is 4.01. The number of phosphoric acid groups is 1. The van der Waals surface area contributed by atoms with Crippen LogP contribution in [0.4, 0.5) is 0 Å². The van der Waals surface area contributed by atoms with E-state index in [-0.39, 0.29) is 26.1 Å². The number of aliphatic carboxylic acids is 1. The Morgan fingerprint density at radius 2 is 1.39 bits per heavy atom. The number of carbonyl (C=O) groups is 3. The normalized spacial score (nSPS) is 14.0. The van der Waals surface area contributed by atoms with E-state index >= 15 is 0 Å². The summed E-state index contributed by atoms with van der Waals surface area (Å²) in [6.45, 7) is 1.09. The van der Waals surface area contributed by atoms with Crippen molar-refractivity contribution in [3.05, 3.63) is 12.2 Å². The number of nitrogens with two attached hydrogens (primary N) is 1. The largest absolute Gasteiger partial charge is 0.480 e. The van der Waals surface area contributed by atoms with Crippen molar-refractivity contribution in [2.75, 3.05) is 19.8 Å². The van der Waals surface area contributed by atoms with Crippen molar-refractivity contribution in [2.24, 2.45) is 5.73 Å². The van der Waals surface area contributed by atoms with Gasteiger partial charge in [0.25, 0.3) is 0 Å². The lowest BCUT2D eigenvalue weighted by molar-refractivity contribution is -0.154. The molecule has 0 spiro atoms. The van der Waals surface area contributed by atoms with E-state index in [1.807, 2.05) is 0 Å². The van der Waals surface area contributed by atoms with Crippen LogP contribution in [0.2, 0.25) is 0 Å². The fourth-order valence-electron chi connectivity index (χ4n) is 3.23. The molecule has 1 unspecified atom stereocenters. The van der Waals surface area contributed by atoms with Crippen LogP contribution in [0, 0.1) is 0 Å². The maximum Gasteiger partial charge on any atom is 0.472 e. The molecule has 4 N–H and O–H groups in total. The average molecular weight is 536 g/mol. The van der Waals surface area contributed by atoms with Crippen molar-refractivity contribution < 1.29 is 42.7 Å². The van der Waals surface area contributed by atoms with Gasteiger partial charge in [-0.15, -0.1) is 0 Å². The molecular formula is C25H46NO9P. The van der Waals surface area contributed by atoms with Crippen LogP contribution in [0.1, 0.15) is 103 Å². The van der Waals surface area contributed by atoms with E-state index in [1.165, 1.54) is 51.4 Å². The lowest BCUT2D eigenvalue weighted by Crippen LogP contribution is -2.34. The molecule has 36 heavy (non-hydrogen) atoms. The van der Waals surface area contributed by atoms with Gasteiger partial charge in [-0.1, -0.05) is 70.4 Å². The van der Waals surface area contributed by atoms with Crippen molar-refractivity contribution in [1.82, 2.24) is 0 Å². The highest BCUT2D eigenvalue weighted by Crippen LogP contribution is 2.43. The van der Waals surface area contributed by atoms with E-state index in [0.717, 1.165) is 25.7 Å². The van der Waals surface area contributed by atoms with Gasteiger partial charge in [0.05, 0.1) is 19.8 Å². The molecule has 0 aliphatic heterocycles. The molecular weight excluding hydrogens is 489 g/mol. The molecule has 0 aromatic carbocycles. The van der Waals surface area contributed by atoms with E-state index < -0.39 is 38.2 Å². The summed E-state index contributed by atoms with van der Waals surface area (Å²) < 4.78 is 25.5. The minimum Gasteiger partial charge on any atom is -0.480 e. The molecule has 0 bridgehead atoms. The molecule has 0 aromatic heterocycles. The van der Waals surface area contributed by atoms with Crippen LogP contribution in [-0.4, -0.2) is 53.6 Å². The highest BCUT2D eigenvalue weighted by molar-refractivity contribution is 7.47. The van der Waals surface area contributed by atoms with Crippen molar-refractivity contribution >= 4 is 25.5 Å². The molecule has 0 saturated heterocycles. The number of hydrogen-bond donors (Lipinski definition) is 3. The maximum absolute atomic E-state index is 11.8. The Morgan fingerprint density at radius 1 is 0.833 bits per heavy atom. The van der Waals surface area contributed by atoms with Gasteiger partial charge in [0.2, 0.25) is 5.78 Å². The third-order valence-corrected chi connectivity index (χ3v) is 6.39. The predicted octanol–water partition coefficient (Wildman–Crippen LogP) is 5.07. The SMILES string of the molecule is CCCCCC/C=C\CCCCCCCCCC(=O)C(=O)OCCCOP(=O)(O)OC[C@H](N)C(=O)O. The van der Waals surface area contributed by atoms with Gasteiger partial charge in [-0.05, 0) is 32.1 Å². The fraction of sp³-hybridized carbons (Fsp3) is 0.800. The predicted molar refractivity (Wildman–Crippen MR) is 137 cm³/mol. The molecule has 0 amide bonds. The van der Waals surface area contributed by atoms with Gasteiger partial charge in [0.15, 0.2) is 0 Å². The first-order valence-electron chi connectivity index (χ1n) is 13.1. The standard InChI is InChI=1S/C25H46NO9P/c1-2-3-4-5-6-7-8-9-10-11-12-13-14-15-16-18-23(27)25(30)33-19-17-20-34-36(31,32)35-21-22(26)24(28)29/h7-8,22H,2-6,9-21,26H2,1H3,(H,28,29)(H,31,32)/b8-7-/t22-/m0/s1.